The van der Waals surface area contributed by atoms with Gasteiger partial charge in [0.1, 0.15) is 0 Å². The molecule has 0 aromatic rings. The number of nitrogens with one attached hydrogen (secondary N) is 1. The maximum Gasteiger partial charge on any atom is 0.460 e. The second-order valence-corrected chi connectivity index (χ2v) is 7.55. The van der Waals surface area contributed by atoms with Gasteiger partial charge in [0, 0.05) is 12.2 Å². The van der Waals surface area contributed by atoms with Gasteiger partial charge in [-0.1, -0.05) is 11.9 Å². The Kier molecular flexibility index (Phi) is 9.14. The van der Waals surface area contributed by atoms with Crippen LogP contribution in [0.1, 0.15) is 6.42 Å². The average Bonchev–Trinajstić information content (AvgIpc) is 2.62. The summed E-state index contributed by atoms with van der Waals surface area (Å²) in [6.07, 6.45) is -10.5. The molecule has 0 fully saturated rings. The molecule has 1 atom stereocenters. The predicted octanol–water partition coefficient (Wildman–Crippen LogP) is 5.96. The number of alkyl halides is 17. The summed E-state index contributed by atoms with van der Waals surface area (Å²) < 4.78 is 223. The van der Waals surface area contributed by atoms with Crippen LogP contribution < -0.4 is 4.72 Å². The van der Waals surface area contributed by atoms with E-state index in [0.29, 0.717) is 0 Å². The summed E-state index contributed by atoms with van der Waals surface area (Å²) in [7, 11) is 0. The predicted molar refractivity (Wildman–Crippen MR) is 81.3 cm³/mol. The maximum absolute atomic E-state index is 13.5. The summed E-state index contributed by atoms with van der Waals surface area (Å²) in [6, 6.07) is 0. The number of hydrogen-bond donors (Lipinski definition) is 3. The first-order chi connectivity index (χ1) is 14.6. The maximum atomic E-state index is 13.5. The van der Waals surface area contributed by atoms with Crippen molar-refractivity contribution in [1.29, 1.82) is 0 Å². The number of hydrogen-bond acceptors (Lipinski definition) is 4. The molecule has 3 nitrogen and oxygen atoms in total. The van der Waals surface area contributed by atoms with Gasteiger partial charge >= 0.3 is 53.6 Å². The lowest BCUT2D eigenvalue weighted by Gasteiger charge is -2.42. The van der Waals surface area contributed by atoms with Crippen LogP contribution in [0.4, 0.5) is 74.6 Å². The van der Waals surface area contributed by atoms with Crippen molar-refractivity contribution in [3.63, 3.8) is 0 Å². The van der Waals surface area contributed by atoms with Gasteiger partial charge in [-0.3, -0.25) is 0 Å². The Morgan fingerprint density at radius 3 is 1.32 bits per heavy atom. The van der Waals surface area contributed by atoms with Crippen LogP contribution >= 0.6 is 24.6 Å². The number of rotatable bonds is 12. The van der Waals surface area contributed by atoms with Crippen molar-refractivity contribution in [3.05, 3.63) is 0 Å². The first kappa shape index (κ1) is 32.9. The molecule has 0 aliphatic carbocycles. The van der Waals surface area contributed by atoms with Crippen molar-refractivity contribution in [2.45, 2.75) is 59.4 Å². The van der Waals surface area contributed by atoms with Gasteiger partial charge in [-0.2, -0.15) is 74.6 Å². The van der Waals surface area contributed by atoms with E-state index in [1.165, 1.54) is 0 Å². The Bertz CT molecular complexity index is 739. The molecule has 0 spiro atoms. The van der Waals surface area contributed by atoms with Crippen molar-refractivity contribution < 1.29 is 84.5 Å². The van der Waals surface area contributed by atoms with Crippen LogP contribution in [0.25, 0.3) is 0 Å². The molecule has 0 saturated heterocycles. The molecular formula is C12H8F17NO2S2. The number of aliphatic carboxylic acids is 1. The Morgan fingerprint density at radius 1 is 0.676 bits per heavy atom. The fourth-order valence-corrected chi connectivity index (χ4v) is 2.68. The van der Waals surface area contributed by atoms with Crippen molar-refractivity contribution in [2.24, 2.45) is 0 Å². The van der Waals surface area contributed by atoms with E-state index in [1.807, 2.05) is 0 Å². The number of carboxylic acid groups (broad SMARTS) is 1. The van der Waals surface area contributed by atoms with E-state index in [0.717, 1.165) is 0 Å². The summed E-state index contributed by atoms with van der Waals surface area (Å²) in [5, 5.41) is 6.47. The van der Waals surface area contributed by atoms with Crippen molar-refractivity contribution in [3.8, 4) is 0 Å². The Labute approximate surface area is 185 Å². The van der Waals surface area contributed by atoms with Crippen LogP contribution in [-0.2, 0) is 4.79 Å². The van der Waals surface area contributed by atoms with E-state index in [9.17, 15) is 79.4 Å². The fraction of sp³-hybridized carbons (Fsp3) is 0.917. The molecule has 0 aliphatic heterocycles. The van der Waals surface area contributed by atoms with Crippen molar-refractivity contribution in [2.75, 3.05) is 5.75 Å². The molecule has 0 aliphatic rings. The van der Waals surface area contributed by atoms with E-state index in [2.05, 4.69) is 12.6 Å². The van der Waals surface area contributed by atoms with Crippen molar-refractivity contribution in [1.82, 2.24) is 4.72 Å². The molecule has 0 heterocycles. The van der Waals surface area contributed by atoms with Gasteiger partial charge in [0.2, 0.25) is 0 Å². The molecule has 22 heteroatoms. The lowest BCUT2D eigenvalue weighted by molar-refractivity contribution is -0.461. The summed E-state index contributed by atoms with van der Waals surface area (Å²) in [4.78, 5) is 10.3. The normalized spacial score (nSPS) is 16.5. The van der Waals surface area contributed by atoms with Gasteiger partial charge in [0.25, 0.3) is 0 Å². The van der Waals surface area contributed by atoms with Crippen LogP contribution in [0.3, 0.4) is 0 Å². The van der Waals surface area contributed by atoms with E-state index in [-0.39, 0.29) is 11.9 Å². The second-order valence-electron chi connectivity index (χ2n) is 6.11. The minimum atomic E-state index is -8.67. The fourth-order valence-electron chi connectivity index (χ4n) is 1.72. The summed E-state index contributed by atoms with van der Waals surface area (Å²) in [5.74, 6) is -60.0. The number of carboxylic acids is 1. The third-order valence-corrected chi connectivity index (χ3v) is 5.07. The molecule has 0 aromatic heterocycles. The zero-order chi connectivity index (χ0) is 28.0. The zero-order valence-electron chi connectivity index (χ0n) is 15.1. The molecular weight excluding hydrogens is 577 g/mol. The molecule has 1 unspecified atom stereocenters. The first-order valence-corrected chi connectivity index (χ1v) is 9.07. The van der Waals surface area contributed by atoms with Crippen LogP contribution in [0.2, 0.25) is 0 Å². The molecule has 204 valence electrons. The van der Waals surface area contributed by atoms with Crippen LogP contribution in [0, 0.1) is 0 Å². The lowest BCUT2D eigenvalue weighted by atomic mass is 9.88. The largest absolute Gasteiger partial charge is 0.479 e. The van der Waals surface area contributed by atoms with E-state index in [1.54, 1.807) is 4.72 Å². The lowest BCUT2D eigenvalue weighted by Crippen LogP contribution is -2.74. The highest BCUT2D eigenvalue weighted by Crippen LogP contribution is 2.64. The number of halogens is 17. The van der Waals surface area contributed by atoms with E-state index >= 15 is 0 Å². The van der Waals surface area contributed by atoms with Gasteiger partial charge in [0.05, 0.1) is 0 Å². The topological polar surface area (TPSA) is 49.3 Å². The highest BCUT2D eigenvalue weighted by molar-refractivity contribution is 7.98. The quantitative estimate of drug-likeness (QED) is 0.0870. The molecule has 0 radical (unpaired) electrons. The van der Waals surface area contributed by atoms with Gasteiger partial charge in [-0.15, -0.1) is 12.6 Å². The third kappa shape index (κ3) is 5.07. The highest BCUT2D eigenvalue weighted by Gasteiger charge is 2.95. The van der Waals surface area contributed by atoms with Gasteiger partial charge < -0.3 is 5.11 Å². The SMILES string of the molecule is O=C(O)C(S)NSCCC(F)(F)C(F)(F)C(F)(F)C(F)(F)C(F)(F)C(F)(F)C(F)(F)C(F)(F)F. The van der Waals surface area contributed by atoms with Gasteiger partial charge in [-0.25, -0.2) is 9.52 Å². The zero-order valence-corrected chi connectivity index (χ0v) is 16.8. The van der Waals surface area contributed by atoms with Crippen LogP contribution in [-0.4, -0.2) is 69.8 Å². The second kappa shape index (κ2) is 9.43. The number of thiol groups is 1. The van der Waals surface area contributed by atoms with E-state index in [4.69, 9.17) is 5.11 Å². The molecule has 0 amide bonds. The van der Waals surface area contributed by atoms with Crippen molar-refractivity contribution >= 4 is 30.5 Å². The van der Waals surface area contributed by atoms with Crippen LogP contribution in [0.5, 0.6) is 0 Å². The Balaban J connectivity index is 6.18. The minimum Gasteiger partial charge on any atom is -0.479 e. The molecule has 0 bridgehead atoms. The van der Waals surface area contributed by atoms with Gasteiger partial charge in [-0.05, 0) is 0 Å². The first-order valence-electron chi connectivity index (χ1n) is 7.57. The molecule has 0 aromatic carbocycles. The smallest absolute Gasteiger partial charge is 0.460 e. The average molecular weight is 585 g/mol. The molecule has 0 saturated carbocycles. The molecule has 0 rings (SSSR count). The summed E-state index contributed by atoms with van der Waals surface area (Å²) >= 11 is 2.95. The summed E-state index contributed by atoms with van der Waals surface area (Å²) in [5.41, 5.74) is 0. The molecule has 34 heavy (non-hydrogen) atoms. The standard InChI is InChI=1S/C12H8F17NO2S2/c13-5(14,1-2-34-30-3(33)4(31)32)6(15,16)7(17,18)8(19,20)9(21,22)10(23,24)11(25,26)12(27,28)29/h3,30,33H,1-2H2,(H,31,32). The third-order valence-electron chi connectivity index (χ3n) is 3.73. The van der Waals surface area contributed by atoms with E-state index < -0.39 is 71.2 Å². The monoisotopic (exact) mass is 585 g/mol. The van der Waals surface area contributed by atoms with Crippen LogP contribution in [0.15, 0.2) is 0 Å². The van der Waals surface area contributed by atoms with Gasteiger partial charge in [0.15, 0.2) is 5.37 Å². The minimum absolute atomic E-state index is 0.279. The Hall–Kier alpha value is -1.06. The molecule has 2 N–H and O–H groups in total. The Morgan fingerprint density at radius 2 is 1.00 bits per heavy atom. The summed E-state index contributed by atoms with van der Waals surface area (Å²) in [6.45, 7) is 0. The highest BCUT2D eigenvalue weighted by atomic mass is 32.2. The number of carbonyl (C=O) groups is 1.